The van der Waals surface area contributed by atoms with Gasteiger partial charge in [0.2, 0.25) is 15.9 Å². The lowest BCUT2D eigenvalue weighted by Gasteiger charge is -2.36. The van der Waals surface area contributed by atoms with Crippen LogP contribution in [0.1, 0.15) is 13.3 Å². The molecule has 0 radical (unpaired) electrons. The Morgan fingerprint density at radius 1 is 0.970 bits per heavy atom. The molecule has 1 saturated heterocycles. The van der Waals surface area contributed by atoms with Crippen molar-refractivity contribution in [1.82, 2.24) is 13.4 Å². The Labute approximate surface area is 192 Å². The summed E-state index contributed by atoms with van der Waals surface area (Å²) in [5, 5.41) is 0. The summed E-state index contributed by atoms with van der Waals surface area (Å²) >= 11 is 0. The van der Waals surface area contributed by atoms with Crippen molar-refractivity contribution in [2.45, 2.75) is 19.9 Å². The van der Waals surface area contributed by atoms with Crippen LogP contribution >= 0.6 is 0 Å². The fourth-order valence-electron chi connectivity index (χ4n) is 4.19. The van der Waals surface area contributed by atoms with Crippen LogP contribution in [0.25, 0.3) is 11.0 Å². The van der Waals surface area contributed by atoms with Gasteiger partial charge in [0.25, 0.3) is 0 Å². The molecule has 1 aromatic heterocycles. The third kappa shape index (κ3) is 4.47. The zero-order valence-electron chi connectivity index (χ0n) is 18.8. The second-order valence-corrected chi connectivity index (χ2v) is 9.94. The fourth-order valence-corrected chi connectivity index (χ4v) is 5.68. The molecule has 0 saturated carbocycles. The molecule has 3 aromatic rings. The van der Waals surface area contributed by atoms with E-state index in [0.717, 1.165) is 15.4 Å². The molecule has 176 valence electrons. The van der Waals surface area contributed by atoms with Gasteiger partial charge in [0.05, 0.1) is 23.9 Å². The topological polar surface area (TPSA) is 93.8 Å². The number of fused-ring (bicyclic) bond motifs is 1. The largest absolute Gasteiger partial charge is 0.497 e. The molecule has 2 aromatic carbocycles. The van der Waals surface area contributed by atoms with E-state index in [1.54, 1.807) is 43.2 Å². The molecular weight excluding hydrogens is 444 g/mol. The predicted molar refractivity (Wildman–Crippen MR) is 127 cm³/mol. The standard InChI is InChI=1S/C23H28N4O5S/c1-3-16-33(30,31)27-21-7-5-4-6-20(21)26(23(27)29)17-22(28)25-14-12-24(13-15-25)18-8-10-19(32-2)11-9-18/h4-11H,3,12-17H2,1-2H3. The fraction of sp³-hybridized carbons (Fsp3) is 0.391. The van der Waals surface area contributed by atoms with Crippen LogP contribution in [-0.2, 0) is 21.4 Å². The summed E-state index contributed by atoms with van der Waals surface area (Å²) < 4.78 is 32.7. The maximum absolute atomic E-state index is 13.1. The summed E-state index contributed by atoms with van der Waals surface area (Å²) in [7, 11) is -2.18. The number of hydrogen-bond donors (Lipinski definition) is 0. The molecule has 0 bridgehead atoms. The molecule has 9 nitrogen and oxygen atoms in total. The number of para-hydroxylation sites is 2. The number of anilines is 1. The summed E-state index contributed by atoms with van der Waals surface area (Å²) in [5.74, 6) is 0.447. The number of imidazole rings is 1. The first-order valence-electron chi connectivity index (χ1n) is 11.0. The van der Waals surface area contributed by atoms with Gasteiger partial charge in [0.1, 0.15) is 12.3 Å². The van der Waals surface area contributed by atoms with E-state index < -0.39 is 15.7 Å². The van der Waals surface area contributed by atoms with E-state index in [-0.39, 0.29) is 18.2 Å². The highest BCUT2D eigenvalue weighted by molar-refractivity contribution is 7.90. The first kappa shape index (κ1) is 22.9. The number of nitrogens with zero attached hydrogens (tertiary/aromatic N) is 4. The third-order valence-corrected chi connectivity index (χ3v) is 7.73. The molecule has 10 heteroatoms. The highest BCUT2D eigenvalue weighted by atomic mass is 32.2. The van der Waals surface area contributed by atoms with Gasteiger partial charge in [-0.25, -0.2) is 13.2 Å². The predicted octanol–water partition coefficient (Wildman–Crippen LogP) is 1.75. The Hall–Kier alpha value is -3.27. The van der Waals surface area contributed by atoms with Crippen LogP contribution in [0, 0.1) is 0 Å². The van der Waals surface area contributed by atoms with Gasteiger partial charge in [0.15, 0.2) is 0 Å². The number of methoxy groups -OCH3 is 1. The number of rotatable bonds is 7. The molecule has 33 heavy (non-hydrogen) atoms. The number of aromatic nitrogens is 2. The smallest absolute Gasteiger partial charge is 0.343 e. The Balaban J connectivity index is 1.52. The van der Waals surface area contributed by atoms with Crippen LogP contribution in [0.2, 0.25) is 0 Å². The third-order valence-electron chi connectivity index (χ3n) is 5.90. The molecular formula is C23H28N4O5S. The highest BCUT2D eigenvalue weighted by Crippen LogP contribution is 2.21. The zero-order chi connectivity index (χ0) is 23.6. The maximum atomic E-state index is 13.1. The Morgan fingerprint density at radius 2 is 1.61 bits per heavy atom. The van der Waals surface area contributed by atoms with Crippen molar-refractivity contribution in [2.24, 2.45) is 0 Å². The Kier molecular flexibility index (Phi) is 6.46. The van der Waals surface area contributed by atoms with Crippen LogP contribution < -0.4 is 15.3 Å². The Morgan fingerprint density at radius 3 is 2.21 bits per heavy atom. The molecule has 1 fully saturated rings. The molecule has 0 N–H and O–H groups in total. The average molecular weight is 473 g/mol. The van der Waals surface area contributed by atoms with E-state index in [4.69, 9.17) is 4.74 Å². The quantitative estimate of drug-likeness (QED) is 0.520. The molecule has 1 aliphatic rings. The van der Waals surface area contributed by atoms with E-state index >= 15 is 0 Å². The van der Waals surface area contributed by atoms with Gasteiger partial charge < -0.3 is 14.5 Å². The summed E-state index contributed by atoms with van der Waals surface area (Å²) in [6, 6.07) is 14.5. The molecule has 0 unspecified atom stereocenters. The van der Waals surface area contributed by atoms with Crippen molar-refractivity contribution < 1.29 is 17.9 Å². The van der Waals surface area contributed by atoms with Crippen molar-refractivity contribution in [3.8, 4) is 5.75 Å². The molecule has 4 rings (SSSR count). The van der Waals surface area contributed by atoms with E-state index in [1.165, 1.54) is 4.57 Å². The summed E-state index contributed by atoms with van der Waals surface area (Å²) in [6.07, 6.45) is 0.395. The van der Waals surface area contributed by atoms with Crippen LogP contribution in [0.3, 0.4) is 0 Å². The summed E-state index contributed by atoms with van der Waals surface area (Å²) in [6.45, 7) is 3.92. The van der Waals surface area contributed by atoms with E-state index in [0.29, 0.717) is 43.6 Å². The average Bonchev–Trinajstić information content (AvgIpc) is 3.11. The van der Waals surface area contributed by atoms with Crippen LogP contribution in [-0.4, -0.2) is 66.8 Å². The molecule has 1 aliphatic heterocycles. The lowest BCUT2D eigenvalue weighted by atomic mass is 10.2. The van der Waals surface area contributed by atoms with Gasteiger partial charge in [-0.05, 0) is 42.8 Å². The maximum Gasteiger partial charge on any atom is 0.343 e. The summed E-state index contributed by atoms with van der Waals surface area (Å²) in [4.78, 5) is 30.0. The number of amides is 1. The first-order valence-corrected chi connectivity index (χ1v) is 12.6. The van der Waals surface area contributed by atoms with Gasteiger partial charge in [-0.15, -0.1) is 0 Å². The second-order valence-electron chi connectivity index (χ2n) is 8.00. The molecule has 1 amide bonds. The van der Waals surface area contributed by atoms with Crippen LogP contribution in [0.5, 0.6) is 5.75 Å². The van der Waals surface area contributed by atoms with Crippen molar-refractivity contribution in [2.75, 3.05) is 43.9 Å². The van der Waals surface area contributed by atoms with Crippen LogP contribution in [0.4, 0.5) is 5.69 Å². The molecule has 0 aliphatic carbocycles. The number of hydrogen-bond acceptors (Lipinski definition) is 6. The molecule has 2 heterocycles. The normalized spacial score (nSPS) is 14.6. The summed E-state index contributed by atoms with van der Waals surface area (Å²) in [5.41, 5.74) is 1.10. The number of ether oxygens (including phenoxy) is 1. The van der Waals surface area contributed by atoms with Gasteiger partial charge >= 0.3 is 5.69 Å². The number of carbonyl (C=O) groups excluding carboxylic acids is 1. The molecule has 0 atom stereocenters. The van der Waals surface area contributed by atoms with Gasteiger partial charge in [0, 0.05) is 31.9 Å². The number of benzene rings is 2. The van der Waals surface area contributed by atoms with Crippen LogP contribution in [0.15, 0.2) is 53.3 Å². The lowest BCUT2D eigenvalue weighted by Crippen LogP contribution is -2.50. The highest BCUT2D eigenvalue weighted by Gasteiger charge is 2.26. The minimum absolute atomic E-state index is 0.137. The van der Waals surface area contributed by atoms with Crippen molar-refractivity contribution in [1.29, 1.82) is 0 Å². The first-order chi connectivity index (χ1) is 15.9. The monoisotopic (exact) mass is 472 g/mol. The lowest BCUT2D eigenvalue weighted by molar-refractivity contribution is -0.132. The SMILES string of the molecule is CCCS(=O)(=O)n1c(=O)n(CC(=O)N2CCN(c3ccc(OC)cc3)CC2)c2ccccc21. The van der Waals surface area contributed by atoms with Gasteiger partial charge in [-0.2, -0.15) is 3.97 Å². The van der Waals surface area contributed by atoms with Gasteiger partial charge in [-0.1, -0.05) is 19.1 Å². The zero-order valence-corrected chi connectivity index (χ0v) is 19.6. The van der Waals surface area contributed by atoms with E-state index in [9.17, 15) is 18.0 Å². The Bertz CT molecular complexity index is 1300. The van der Waals surface area contributed by atoms with Crippen molar-refractivity contribution in [3.63, 3.8) is 0 Å². The minimum atomic E-state index is -3.81. The number of carbonyl (C=O) groups is 1. The molecule has 0 spiro atoms. The van der Waals surface area contributed by atoms with Gasteiger partial charge in [-0.3, -0.25) is 9.36 Å². The minimum Gasteiger partial charge on any atom is -0.497 e. The second kappa shape index (κ2) is 9.30. The van der Waals surface area contributed by atoms with Crippen molar-refractivity contribution in [3.05, 3.63) is 59.0 Å². The van der Waals surface area contributed by atoms with E-state index in [1.807, 2.05) is 24.3 Å². The van der Waals surface area contributed by atoms with E-state index in [2.05, 4.69) is 4.90 Å². The van der Waals surface area contributed by atoms with Crippen molar-refractivity contribution >= 4 is 32.7 Å². The number of piperazine rings is 1.